The Morgan fingerprint density at radius 3 is 1.24 bits per heavy atom. The predicted octanol–water partition coefficient (Wildman–Crippen LogP) is 4.69. The van der Waals surface area contributed by atoms with Gasteiger partial charge in [-0.25, -0.2) is 0 Å². The van der Waals surface area contributed by atoms with Gasteiger partial charge >= 0.3 is 123 Å². The first-order valence-electron chi connectivity index (χ1n) is 6.79. The van der Waals surface area contributed by atoms with E-state index in [1.54, 1.807) is 0 Å². The zero-order chi connectivity index (χ0) is 13.0. The second-order valence-corrected chi connectivity index (χ2v) is 21.5. The first-order valence-corrected chi connectivity index (χ1v) is 21.4. The molecular weight excluding hydrogens is 498 g/mol. The van der Waals surface area contributed by atoms with Gasteiger partial charge in [-0.2, -0.15) is 0 Å². The summed E-state index contributed by atoms with van der Waals surface area (Å²) >= 11 is -0.950. The van der Waals surface area contributed by atoms with Crippen LogP contribution in [0, 0.1) is 0 Å². The predicted molar refractivity (Wildman–Crippen MR) is 76.6 cm³/mol. The Morgan fingerprint density at radius 1 is 0.706 bits per heavy atom. The Morgan fingerprint density at radius 2 is 1.00 bits per heavy atom. The second-order valence-electron chi connectivity index (χ2n) is 4.09. The molecule has 0 spiro atoms. The summed E-state index contributed by atoms with van der Waals surface area (Å²) in [6.45, 7) is 8.89. The second kappa shape index (κ2) is 12.5. The minimum atomic E-state index is -3.30. The van der Waals surface area contributed by atoms with Gasteiger partial charge < -0.3 is 0 Å². The SMILES string of the molecule is CCCC[O][Hf]([I])([O]CCCC)[O]CCCC. The van der Waals surface area contributed by atoms with Gasteiger partial charge in [0.1, 0.15) is 0 Å². The van der Waals surface area contributed by atoms with Crippen LogP contribution in [-0.2, 0) is 25.7 Å². The molecule has 3 nitrogen and oxygen atoms in total. The molecule has 17 heavy (non-hydrogen) atoms. The molecule has 0 saturated carbocycles. The van der Waals surface area contributed by atoms with E-state index in [1.165, 1.54) is 0 Å². The van der Waals surface area contributed by atoms with E-state index in [0.717, 1.165) is 58.3 Å². The van der Waals surface area contributed by atoms with Crippen molar-refractivity contribution < 1.29 is 25.7 Å². The number of hydrogen-bond donors (Lipinski definition) is 0. The molecule has 0 heterocycles. The van der Waals surface area contributed by atoms with Crippen molar-refractivity contribution in [1.29, 1.82) is 0 Å². The molecule has 0 radical (unpaired) electrons. The third-order valence-electron chi connectivity index (χ3n) is 2.32. The Kier molecular flexibility index (Phi) is 13.6. The molecule has 0 rings (SSSR count). The van der Waals surface area contributed by atoms with Crippen LogP contribution in [0.2, 0.25) is 0 Å². The normalized spacial score (nSPS) is 12.0. The average Bonchev–Trinajstić information content (AvgIpc) is 2.30. The zero-order valence-electron chi connectivity index (χ0n) is 11.5. The molecule has 0 aliphatic heterocycles. The molecule has 0 N–H and O–H groups in total. The van der Waals surface area contributed by atoms with Crippen LogP contribution in [-0.4, -0.2) is 19.8 Å². The van der Waals surface area contributed by atoms with E-state index >= 15 is 0 Å². The summed E-state index contributed by atoms with van der Waals surface area (Å²) in [6.07, 6.45) is 6.76. The summed E-state index contributed by atoms with van der Waals surface area (Å²) in [6, 6.07) is 0. The Labute approximate surface area is 122 Å². The first kappa shape index (κ1) is 18.5. The molecule has 0 aromatic rings. The van der Waals surface area contributed by atoms with Crippen LogP contribution in [0.4, 0.5) is 0 Å². The van der Waals surface area contributed by atoms with Crippen LogP contribution in [0.3, 0.4) is 0 Å². The fourth-order valence-electron chi connectivity index (χ4n) is 1.14. The third kappa shape index (κ3) is 11.0. The molecule has 0 amide bonds. The summed E-state index contributed by atoms with van der Waals surface area (Å²) in [5.41, 5.74) is 0. The van der Waals surface area contributed by atoms with Crippen molar-refractivity contribution in [1.82, 2.24) is 0 Å². The molecule has 104 valence electrons. The van der Waals surface area contributed by atoms with Crippen molar-refractivity contribution >= 4 is 18.1 Å². The van der Waals surface area contributed by atoms with Gasteiger partial charge in [-0.15, -0.1) is 0 Å². The average molecular weight is 525 g/mol. The maximum absolute atomic E-state index is 5.93. The fraction of sp³-hybridized carbons (Fsp3) is 1.00. The van der Waals surface area contributed by atoms with E-state index in [2.05, 4.69) is 38.9 Å². The molecule has 0 saturated heterocycles. The van der Waals surface area contributed by atoms with Gasteiger partial charge in [0.25, 0.3) is 0 Å². The van der Waals surface area contributed by atoms with E-state index in [9.17, 15) is 0 Å². The topological polar surface area (TPSA) is 27.7 Å². The first-order chi connectivity index (χ1) is 8.18. The molecule has 0 atom stereocenters. The zero-order valence-corrected chi connectivity index (χ0v) is 17.2. The summed E-state index contributed by atoms with van der Waals surface area (Å²) in [7, 11) is 0. The summed E-state index contributed by atoms with van der Waals surface area (Å²) < 4.78 is 17.8. The standard InChI is InChI=1S/3C4H9O.Hf.HI/c3*1-2-3-4-5;;/h3*2-4H2,1H3;;1H/q3*-1;+4;/p-1. The van der Waals surface area contributed by atoms with Crippen LogP contribution in [0.25, 0.3) is 0 Å². The Balaban J connectivity index is 3.95. The van der Waals surface area contributed by atoms with Gasteiger partial charge in [-0.3, -0.25) is 0 Å². The van der Waals surface area contributed by atoms with E-state index in [0.29, 0.717) is 0 Å². The van der Waals surface area contributed by atoms with Crippen LogP contribution >= 0.6 is 18.1 Å². The monoisotopic (exact) mass is 526 g/mol. The van der Waals surface area contributed by atoms with Gasteiger partial charge in [0.05, 0.1) is 0 Å². The molecule has 0 aromatic heterocycles. The third-order valence-corrected chi connectivity index (χ3v) is 15.9. The Hall–Kier alpha value is 1.48. The van der Waals surface area contributed by atoms with Crippen molar-refractivity contribution in [2.75, 3.05) is 19.8 Å². The molecule has 0 unspecified atom stereocenters. The number of halogens is 1. The van der Waals surface area contributed by atoms with E-state index in [4.69, 9.17) is 8.56 Å². The van der Waals surface area contributed by atoms with Crippen molar-refractivity contribution in [3.63, 3.8) is 0 Å². The summed E-state index contributed by atoms with van der Waals surface area (Å²) in [5, 5.41) is 0. The molecule has 0 bridgehead atoms. The maximum atomic E-state index is 5.93. The van der Waals surface area contributed by atoms with Crippen molar-refractivity contribution in [3.05, 3.63) is 0 Å². The quantitative estimate of drug-likeness (QED) is 0.211. The van der Waals surface area contributed by atoms with Gasteiger partial charge in [-0.1, -0.05) is 0 Å². The molecule has 0 aliphatic carbocycles. The summed E-state index contributed by atoms with van der Waals surface area (Å²) in [5.74, 6) is 0. The number of hydrogen-bond acceptors (Lipinski definition) is 3. The van der Waals surface area contributed by atoms with Crippen LogP contribution < -0.4 is 0 Å². The van der Waals surface area contributed by atoms with Crippen molar-refractivity contribution in [3.8, 4) is 0 Å². The molecule has 5 heteroatoms. The van der Waals surface area contributed by atoms with Gasteiger partial charge in [-0.05, 0) is 0 Å². The van der Waals surface area contributed by atoms with Crippen LogP contribution in [0.5, 0.6) is 0 Å². The molecule has 0 aromatic carbocycles. The van der Waals surface area contributed by atoms with Crippen molar-refractivity contribution in [2.24, 2.45) is 0 Å². The number of rotatable bonds is 12. The molecule has 0 fully saturated rings. The van der Waals surface area contributed by atoms with E-state index < -0.39 is 17.1 Å². The fourth-order valence-corrected chi connectivity index (χ4v) is 11.6. The van der Waals surface area contributed by atoms with E-state index in [-0.39, 0.29) is 0 Å². The number of unbranched alkanes of at least 4 members (excludes halogenated alkanes) is 3. The minimum absolute atomic E-state index is 0.791. The van der Waals surface area contributed by atoms with Gasteiger partial charge in [0.2, 0.25) is 0 Å². The molecular formula is C12H27HfIO3. The molecule has 0 aliphatic rings. The summed E-state index contributed by atoms with van der Waals surface area (Å²) in [4.78, 5) is 0. The van der Waals surface area contributed by atoms with Gasteiger partial charge in [0.15, 0.2) is 0 Å². The van der Waals surface area contributed by atoms with Crippen LogP contribution in [0.15, 0.2) is 0 Å². The van der Waals surface area contributed by atoms with Gasteiger partial charge in [0, 0.05) is 0 Å². The van der Waals surface area contributed by atoms with Crippen molar-refractivity contribution in [2.45, 2.75) is 59.3 Å². The Bertz CT molecular complexity index is 143. The van der Waals surface area contributed by atoms with Crippen LogP contribution in [0.1, 0.15) is 59.3 Å². The van der Waals surface area contributed by atoms with E-state index in [1.807, 2.05) is 0 Å².